The van der Waals surface area contributed by atoms with Crippen LogP contribution in [0.3, 0.4) is 0 Å². The minimum atomic E-state index is 0.600. The number of nitrogens with two attached hydrogens (primary N) is 1. The summed E-state index contributed by atoms with van der Waals surface area (Å²) in [5, 5.41) is 8.27. The second-order valence-electron chi connectivity index (χ2n) is 4.54. The molecule has 0 spiro atoms. The summed E-state index contributed by atoms with van der Waals surface area (Å²) in [6, 6.07) is 15.4. The van der Waals surface area contributed by atoms with E-state index in [1.54, 1.807) is 0 Å². The van der Waals surface area contributed by atoms with Crippen molar-refractivity contribution in [3.05, 3.63) is 48.5 Å². The molecule has 0 radical (unpaired) electrons. The molecule has 1 heterocycles. The van der Waals surface area contributed by atoms with Gasteiger partial charge >= 0.3 is 0 Å². The van der Waals surface area contributed by atoms with Gasteiger partial charge in [-0.1, -0.05) is 29.5 Å². The monoisotopic (exact) mass is 268 g/mol. The number of aryl methyl sites for hydroxylation is 1. The lowest BCUT2D eigenvalue weighted by Crippen LogP contribution is -2.06. The fraction of sp³-hybridized carbons (Fsp3) is 0.200. The summed E-state index contributed by atoms with van der Waals surface area (Å²) in [5.74, 6) is 0.732. The van der Waals surface area contributed by atoms with E-state index < -0.39 is 0 Å². The van der Waals surface area contributed by atoms with Crippen molar-refractivity contribution in [3.8, 4) is 5.75 Å². The van der Waals surface area contributed by atoms with Crippen molar-refractivity contribution in [1.82, 2.24) is 15.0 Å². The normalized spacial score (nSPS) is 10.8. The zero-order chi connectivity index (χ0) is 13.8. The average Bonchev–Trinajstić information content (AvgIpc) is 2.89. The summed E-state index contributed by atoms with van der Waals surface area (Å²) in [6.07, 6.45) is 0.849. The second kappa shape index (κ2) is 5.61. The lowest BCUT2D eigenvalue weighted by Gasteiger charge is -2.08. The van der Waals surface area contributed by atoms with Gasteiger partial charge in [0.2, 0.25) is 0 Å². The molecule has 5 nitrogen and oxygen atoms in total. The van der Waals surface area contributed by atoms with Gasteiger partial charge in [-0.15, -0.1) is 5.10 Å². The highest BCUT2D eigenvalue weighted by molar-refractivity contribution is 5.73. The number of ether oxygens (including phenoxy) is 1. The molecule has 0 fully saturated rings. The molecular formula is C15H16N4O. The van der Waals surface area contributed by atoms with Crippen LogP contribution in [0.5, 0.6) is 5.75 Å². The van der Waals surface area contributed by atoms with Crippen LogP contribution in [0.1, 0.15) is 6.42 Å². The van der Waals surface area contributed by atoms with Gasteiger partial charge < -0.3 is 10.5 Å². The molecule has 5 heteroatoms. The van der Waals surface area contributed by atoms with Crippen molar-refractivity contribution in [2.24, 2.45) is 0 Å². The highest BCUT2D eigenvalue weighted by Crippen LogP contribution is 2.19. The van der Waals surface area contributed by atoms with Crippen molar-refractivity contribution < 1.29 is 4.74 Å². The van der Waals surface area contributed by atoms with E-state index in [4.69, 9.17) is 10.5 Å². The minimum Gasteiger partial charge on any atom is -0.491 e. The molecule has 3 aromatic rings. The van der Waals surface area contributed by atoms with E-state index >= 15 is 0 Å². The van der Waals surface area contributed by atoms with E-state index in [2.05, 4.69) is 10.3 Å². The third-order valence-electron chi connectivity index (χ3n) is 3.11. The SMILES string of the molecule is Nc1ccccc1OCCCn1nnc2ccccc21. The molecule has 0 aliphatic heterocycles. The smallest absolute Gasteiger partial charge is 0.142 e. The van der Waals surface area contributed by atoms with Gasteiger partial charge in [0.1, 0.15) is 11.3 Å². The van der Waals surface area contributed by atoms with Gasteiger partial charge in [0.15, 0.2) is 0 Å². The van der Waals surface area contributed by atoms with E-state index in [0.29, 0.717) is 12.3 Å². The van der Waals surface area contributed by atoms with Crippen LogP contribution in [0.15, 0.2) is 48.5 Å². The predicted molar refractivity (Wildman–Crippen MR) is 78.5 cm³/mol. The summed E-state index contributed by atoms with van der Waals surface area (Å²) in [5.41, 5.74) is 8.45. The minimum absolute atomic E-state index is 0.600. The lowest BCUT2D eigenvalue weighted by atomic mass is 10.3. The summed E-state index contributed by atoms with van der Waals surface area (Å²) in [6.45, 7) is 1.37. The van der Waals surface area contributed by atoms with Crippen LogP contribution in [0.2, 0.25) is 0 Å². The number of hydrogen-bond acceptors (Lipinski definition) is 4. The number of nitrogen functional groups attached to an aromatic ring is 1. The van der Waals surface area contributed by atoms with Crippen LogP contribution < -0.4 is 10.5 Å². The van der Waals surface area contributed by atoms with Crippen LogP contribution in [0.4, 0.5) is 5.69 Å². The quantitative estimate of drug-likeness (QED) is 0.570. The zero-order valence-corrected chi connectivity index (χ0v) is 11.1. The van der Waals surface area contributed by atoms with Crippen LogP contribution in [0, 0.1) is 0 Å². The molecule has 0 unspecified atom stereocenters. The van der Waals surface area contributed by atoms with E-state index in [1.165, 1.54) is 0 Å². The summed E-state index contributed by atoms with van der Waals surface area (Å²) >= 11 is 0. The number of para-hydroxylation sites is 3. The fourth-order valence-electron chi connectivity index (χ4n) is 2.09. The highest BCUT2D eigenvalue weighted by atomic mass is 16.5. The molecule has 2 N–H and O–H groups in total. The maximum absolute atomic E-state index is 5.82. The molecule has 2 aromatic carbocycles. The number of hydrogen-bond donors (Lipinski definition) is 1. The maximum Gasteiger partial charge on any atom is 0.142 e. The van der Waals surface area contributed by atoms with Crippen molar-refractivity contribution in [1.29, 1.82) is 0 Å². The lowest BCUT2D eigenvalue weighted by molar-refractivity contribution is 0.300. The molecule has 20 heavy (non-hydrogen) atoms. The molecule has 0 saturated heterocycles. The first kappa shape index (κ1) is 12.5. The molecule has 3 rings (SSSR count). The Hall–Kier alpha value is -2.56. The van der Waals surface area contributed by atoms with Gasteiger partial charge in [0, 0.05) is 13.0 Å². The van der Waals surface area contributed by atoms with Crippen molar-refractivity contribution in [2.75, 3.05) is 12.3 Å². The summed E-state index contributed by atoms with van der Waals surface area (Å²) in [4.78, 5) is 0. The number of rotatable bonds is 5. The Bertz CT molecular complexity index is 708. The number of aromatic nitrogens is 3. The summed E-state index contributed by atoms with van der Waals surface area (Å²) in [7, 11) is 0. The third-order valence-corrected chi connectivity index (χ3v) is 3.11. The molecule has 0 amide bonds. The Labute approximate surface area is 117 Å². The molecule has 0 saturated carbocycles. The zero-order valence-electron chi connectivity index (χ0n) is 11.1. The largest absolute Gasteiger partial charge is 0.491 e. The Kier molecular flexibility index (Phi) is 3.50. The van der Waals surface area contributed by atoms with Crippen molar-refractivity contribution >= 4 is 16.7 Å². The first-order chi connectivity index (χ1) is 9.84. The molecule has 1 aromatic heterocycles. The van der Waals surface area contributed by atoms with Gasteiger partial charge in [0.05, 0.1) is 17.8 Å². The standard InChI is InChI=1S/C15H16N4O/c16-12-6-1-4-9-15(12)20-11-5-10-19-14-8-3-2-7-13(14)17-18-19/h1-4,6-9H,5,10-11,16H2. The number of anilines is 1. The third kappa shape index (κ3) is 2.56. The predicted octanol–water partition coefficient (Wildman–Crippen LogP) is 2.48. The van der Waals surface area contributed by atoms with Crippen molar-refractivity contribution in [2.45, 2.75) is 13.0 Å². The first-order valence-electron chi connectivity index (χ1n) is 6.60. The Morgan fingerprint density at radius 3 is 2.75 bits per heavy atom. The molecule has 102 valence electrons. The molecule has 0 bridgehead atoms. The number of fused-ring (bicyclic) bond motifs is 1. The van der Waals surface area contributed by atoms with Crippen molar-refractivity contribution in [3.63, 3.8) is 0 Å². The Morgan fingerprint density at radius 1 is 1.05 bits per heavy atom. The number of nitrogens with zero attached hydrogens (tertiary/aromatic N) is 3. The van der Waals surface area contributed by atoms with Crippen LogP contribution in [-0.4, -0.2) is 21.6 Å². The van der Waals surface area contributed by atoms with E-state index in [1.807, 2.05) is 53.2 Å². The van der Waals surface area contributed by atoms with Gasteiger partial charge in [-0.3, -0.25) is 0 Å². The van der Waals surface area contributed by atoms with Crippen LogP contribution in [0.25, 0.3) is 11.0 Å². The van der Waals surface area contributed by atoms with Crippen LogP contribution >= 0.6 is 0 Å². The molecule has 0 aliphatic carbocycles. The Balaban J connectivity index is 1.57. The molecule has 0 atom stereocenters. The maximum atomic E-state index is 5.82. The second-order valence-corrected chi connectivity index (χ2v) is 4.54. The fourth-order valence-corrected chi connectivity index (χ4v) is 2.09. The van der Waals surface area contributed by atoms with E-state index in [9.17, 15) is 0 Å². The van der Waals surface area contributed by atoms with Gasteiger partial charge in [-0.05, 0) is 24.3 Å². The molecular weight excluding hydrogens is 252 g/mol. The van der Waals surface area contributed by atoms with Crippen LogP contribution in [-0.2, 0) is 6.54 Å². The Morgan fingerprint density at radius 2 is 1.85 bits per heavy atom. The average molecular weight is 268 g/mol. The first-order valence-corrected chi connectivity index (χ1v) is 6.60. The highest BCUT2D eigenvalue weighted by Gasteiger charge is 2.03. The topological polar surface area (TPSA) is 66.0 Å². The van der Waals surface area contributed by atoms with E-state index in [-0.39, 0.29) is 0 Å². The van der Waals surface area contributed by atoms with E-state index in [0.717, 1.165) is 29.7 Å². The molecule has 0 aliphatic rings. The van der Waals surface area contributed by atoms with Gasteiger partial charge in [-0.25, -0.2) is 4.68 Å². The van der Waals surface area contributed by atoms with Gasteiger partial charge in [0.25, 0.3) is 0 Å². The van der Waals surface area contributed by atoms with Gasteiger partial charge in [-0.2, -0.15) is 0 Å². The number of benzene rings is 2. The summed E-state index contributed by atoms with van der Waals surface area (Å²) < 4.78 is 7.56.